The standard InChI is InChI=1S/C20H22FN3O3/c1-23-11-13(19(25)24(2)20(26)27-7-6-21)8-15-14-4-3-5-16-18(14)12(10-22-16)9-17(15)23/h3-5,8,10,13,17,22H,6-7,9,11H2,1-2H3. The zero-order valence-electron chi connectivity index (χ0n) is 15.4. The summed E-state index contributed by atoms with van der Waals surface area (Å²) < 4.78 is 16.9. The third-order valence-electron chi connectivity index (χ3n) is 5.49. The first-order valence-corrected chi connectivity index (χ1v) is 9.03. The average Bonchev–Trinajstić information content (AvgIpc) is 3.10. The Balaban J connectivity index is 1.67. The number of halogens is 1. The first kappa shape index (κ1) is 17.7. The van der Waals surface area contributed by atoms with Gasteiger partial charge in [0, 0.05) is 36.7 Å². The average molecular weight is 371 g/mol. The summed E-state index contributed by atoms with van der Waals surface area (Å²) in [5, 5.41) is 1.21. The molecule has 2 heterocycles. The topological polar surface area (TPSA) is 65.6 Å². The van der Waals surface area contributed by atoms with Gasteiger partial charge in [-0.05, 0) is 36.2 Å². The molecule has 2 aromatic rings. The highest BCUT2D eigenvalue weighted by Crippen LogP contribution is 2.40. The van der Waals surface area contributed by atoms with Crippen molar-refractivity contribution in [1.82, 2.24) is 14.8 Å². The number of carbonyl (C=O) groups is 2. The molecule has 1 aliphatic heterocycles. The summed E-state index contributed by atoms with van der Waals surface area (Å²) in [4.78, 5) is 31.1. The third-order valence-corrected chi connectivity index (χ3v) is 5.49. The van der Waals surface area contributed by atoms with E-state index in [1.807, 2.05) is 25.3 Å². The number of hydrogen-bond donors (Lipinski definition) is 1. The molecule has 0 saturated carbocycles. The molecule has 2 aliphatic rings. The molecule has 4 rings (SSSR count). The fraction of sp³-hybridized carbons (Fsp3) is 0.400. The highest BCUT2D eigenvalue weighted by Gasteiger charge is 2.37. The van der Waals surface area contributed by atoms with Gasteiger partial charge in [-0.1, -0.05) is 18.2 Å². The van der Waals surface area contributed by atoms with Crippen LogP contribution >= 0.6 is 0 Å². The maximum Gasteiger partial charge on any atom is 0.416 e. The molecule has 0 saturated heterocycles. The first-order valence-electron chi connectivity index (χ1n) is 9.03. The van der Waals surface area contributed by atoms with Gasteiger partial charge in [-0.25, -0.2) is 14.1 Å². The quantitative estimate of drug-likeness (QED) is 0.901. The SMILES string of the molecule is CN(C(=O)OCCF)C(=O)C1C=C2c3cccc4[nH]cc(c34)CC2N(C)C1. The van der Waals surface area contributed by atoms with Gasteiger partial charge in [0.05, 0.1) is 5.92 Å². The predicted octanol–water partition coefficient (Wildman–Crippen LogP) is 2.60. The van der Waals surface area contributed by atoms with Crippen LogP contribution in [0.15, 0.2) is 30.5 Å². The van der Waals surface area contributed by atoms with Gasteiger partial charge in [-0.15, -0.1) is 0 Å². The number of rotatable bonds is 3. The molecule has 1 N–H and O–H groups in total. The van der Waals surface area contributed by atoms with Crippen molar-refractivity contribution in [1.29, 1.82) is 0 Å². The fourth-order valence-electron chi connectivity index (χ4n) is 4.17. The lowest BCUT2D eigenvalue weighted by atomic mass is 9.79. The van der Waals surface area contributed by atoms with E-state index in [1.54, 1.807) is 0 Å². The maximum atomic E-state index is 12.8. The van der Waals surface area contributed by atoms with Crippen LogP contribution in [-0.4, -0.2) is 66.7 Å². The summed E-state index contributed by atoms with van der Waals surface area (Å²) in [6, 6.07) is 6.34. The Bertz CT molecular complexity index is 936. The number of aromatic nitrogens is 1. The number of amides is 2. The molecule has 0 bridgehead atoms. The molecule has 6 nitrogen and oxygen atoms in total. The van der Waals surface area contributed by atoms with Gasteiger partial charge in [0.1, 0.15) is 13.3 Å². The number of nitrogens with one attached hydrogen (secondary N) is 1. The highest BCUT2D eigenvalue weighted by atomic mass is 19.1. The van der Waals surface area contributed by atoms with E-state index in [1.165, 1.54) is 18.0 Å². The molecular formula is C20H22FN3O3. The van der Waals surface area contributed by atoms with Crippen molar-refractivity contribution in [3.63, 3.8) is 0 Å². The molecule has 1 aromatic carbocycles. The third kappa shape index (κ3) is 2.92. The van der Waals surface area contributed by atoms with E-state index in [2.05, 4.69) is 22.1 Å². The Hall–Kier alpha value is -2.67. The fourth-order valence-corrected chi connectivity index (χ4v) is 4.17. The monoisotopic (exact) mass is 371 g/mol. The number of aromatic amines is 1. The molecule has 1 aromatic heterocycles. The van der Waals surface area contributed by atoms with Crippen molar-refractivity contribution < 1.29 is 18.7 Å². The van der Waals surface area contributed by atoms with E-state index >= 15 is 0 Å². The maximum absolute atomic E-state index is 12.8. The molecular weight excluding hydrogens is 349 g/mol. The van der Waals surface area contributed by atoms with E-state index in [4.69, 9.17) is 4.74 Å². The number of imide groups is 1. The van der Waals surface area contributed by atoms with Gasteiger partial charge < -0.3 is 9.72 Å². The molecule has 142 valence electrons. The van der Waals surface area contributed by atoms with Crippen molar-refractivity contribution >= 4 is 28.5 Å². The zero-order chi connectivity index (χ0) is 19.1. The van der Waals surface area contributed by atoms with Crippen LogP contribution in [-0.2, 0) is 16.0 Å². The van der Waals surface area contributed by atoms with Crippen LogP contribution < -0.4 is 0 Å². The van der Waals surface area contributed by atoms with Crippen molar-refractivity contribution in [3.05, 3.63) is 41.6 Å². The molecule has 2 amide bonds. The molecule has 27 heavy (non-hydrogen) atoms. The van der Waals surface area contributed by atoms with Crippen LogP contribution in [0.2, 0.25) is 0 Å². The highest BCUT2D eigenvalue weighted by molar-refractivity contribution is 6.00. The Morgan fingerprint density at radius 2 is 2.22 bits per heavy atom. The van der Waals surface area contributed by atoms with Crippen molar-refractivity contribution in [2.75, 3.05) is 33.9 Å². The normalized spacial score (nSPS) is 21.5. The minimum absolute atomic E-state index is 0.201. The number of carbonyl (C=O) groups excluding carboxylic acids is 2. The molecule has 0 spiro atoms. The Morgan fingerprint density at radius 3 is 3.00 bits per heavy atom. The lowest BCUT2D eigenvalue weighted by molar-refractivity contribution is -0.131. The van der Waals surface area contributed by atoms with Gasteiger partial charge in [0.2, 0.25) is 5.91 Å². The summed E-state index contributed by atoms with van der Waals surface area (Å²) in [6.07, 6.45) is 4.11. The van der Waals surface area contributed by atoms with E-state index in [9.17, 15) is 14.0 Å². The van der Waals surface area contributed by atoms with E-state index in [0.29, 0.717) is 6.54 Å². The summed E-state index contributed by atoms with van der Waals surface area (Å²) in [7, 11) is 3.37. The minimum Gasteiger partial charge on any atom is -0.446 e. The van der Waals surface area contributed by atoms with Gasteiger partial charge in [-0.3, -0.25) is 9.69 Å². The number of H-pyrrole nitrogens is 1. The Labute approximate surface area is 156 Å². The number of nitrogens with zero attached hydrogens (tertiary/aromatic N) is 2. The van der Waals surface area contributed by atoms with Crippen LogP contribution in [0.4, 0.5) is 9.18 Å². The van der Waals surface area contributed by atoms with Crippen LogP contribution in [0.25, 0.3) is 16.5 Å². The van der Waals surface area contributed by atoms with Crippen molar-refractivity contribution in [2.24, 2.45) is 5.92 Å². The molecule has 2 atom stereocenters. The summed E-state index contributed by atoms with van der Waals surface area (Å²) >= 11 is 0. The van der Waals surface area contributed by atoms with Crippen LogP contribution in [0, 0.1) is 5.92 Å². The minimum atomic E-state index is -0.820. The second kappa shape index (κ2) is 6.81. The number of alkyl halides is 1. The lowest BCUT2D eigenvalue weighted by Crippen LogP contribution is -2.48. The van der Waals surface area contributed by atoms with Gasteiger partial charge >= 0.3 is 6.09 Å². The number of hydrogen-bond acceptors (Lipinski definition) is 4. The number of fused-ring (bicyclic) bond motifs is 2. The largest absolute Gasteiger partial charge is 0.446 e. The van der Waals surface area contributed by atoms with Gasteiger partial charge in [0.15, 0.2) is 0 Å². The smallest absolute Gasteiger partial charge is 0.416 e. The van der Waals surface area contributed by atoms with Crippen LogP contribution in [0.1, 0.15) is 11.1 Å². The van der Waals surface area contributed by atoms with Crippen LogP contribution in [0.3, 0.4) is 0 Å². The van der Waals surface area contributed by atoms with E-state index in [0.717, 1.165) is 28.0 Å². The molecule has 0 radical (unpaired) electrons. The second-order valence-corrected chi connectivity index (χ2v) is 7.13. The number of benzene rings is 1. The Morgan fingerprint density at radius 1 is 1.41 bits per heavy atom. The number of ether oxygens (including phenoxy) is 1. The van der Waals surface area contributed by atoms with Crippen molar-refractivity contribution in [3.8, 4) is 0 Å². The zero-order valence-corrected chi connectivity index (χ0v) is 15.4. The Kier molecular flexibility index (Phi) is 4.47. The first-order chi connectivity index (χ1) is 13.0. The van der Waals surface area contributed by atoms with Crippen molar-refractivity contribution in [2.45, 2.75) is 12.5 Å². The molecule has 0 fully saturated rings. The van der Waals surface area contributed by atoms with E-state index in [-0.39, 0.29) is 18.6 Å². The second-order valence-electron chi connectivity index (χ2n) is 7.13. The van der Waals surface area contributed by atoms with E-state index < -0.39 is 18.7 Å². The predicted molar refractivity (Wildman–Crippen MR) is 100.0 cm³/mol. The molecule has 7 heteroatoms. The summed E-state index contributed by atoms with van der Waals surface area (Å²) in [5.74, 6) is -0.802. The number of likely N-dealkylation sites (N-methyl/N-ethyl adjacent to an activating group) is 1. The molecule has 2 unspecified atom stereocenters. The van der Waals surface area contributed by atoms with Crippen LogP contribution in [0.5, 0.6) is 0 Å². The molecule has 1 aliphatic carbocycles. The summed E-state index contributed by atoms with van der Waals surface area (Å²) in [6.45, 7) is -0.597. The lowest BCUT2D eigenvalue weighted by Gasteiger charge is -2.39. The summed E-state index contributed by atoms with van der Waals surface area (Å²) in [5.41, 5.74) is 4.62. The van der Waals surface area contributed by atoms with Gasteiger partial charge in [0.25, 0.3) is 0 Å². The van der Waals surface area contributed by atoms with Gasteiger partial charge in [-0.2, -0.15) is 0 Å².